The lowest BCUT2D eigenvalue weighted by atomic mass is 9.84. The van der Waals surface area contributed by atoms with Gasteiger partial charge in [-0.05, 0) is 31.4 Å². The number of fused-ring (bicyclic) bond motifs is 3. The summed E-state index contributed by atoms with van der Waals surface area (Å²) < 4.78 is 56.8. The van der Waals surface area contributed by atoms with Gasteiger partial charge in [0.15, 0.2) is 0 Å². The third-order valence-electron chi connectivity index (χ3n) is 7.69. The number of benzene rings is 1. The Hall–Kier alpha value is -3.96. The van der Waals surface area contributed by atoms with E-state index in [0.717, 1.165) is 25.3 Å². The molecule has 0 radical (unpaired) electrons. The van der Waals surface area contributed by atoms with Gasteiger partial charge in [-0.15, -0.1) is 0 Å². The molecule has 1 aliphatic heterocycles. The Morgan fingerprint density at radius 1 is 1.21 bits per heavy atom. The molecule has 0 spiro atoms. The highest BCUT2D eigenvalue weighted by Gasteiger charge is 2.43. The number of carbonyl (C=O) groups excluding carboxylic acids is 1. The Bertz CT molecular complexity index is 1620. The zero-order valence-corrected chi connectivity index (χ0v) is 21.3. The number of rotatable bonds is 6. The minimum atomic E-state index is -5.18. The van der Waals surface area contributed by atoms with E-state index in [1.807, 2.05) is 6.07 Å². The number of carbonyl (C=O) groups is 1. The Morgan fingerprint density at radius 3 is 2.62 bits per heavy atom. The molecule has 0 saturated heterocycles. The number of anilines is 1. The SMILES string of the molecule is CC1C(F)=C(C(=O)C(F)(F)F)C=CC1CN/C(Nc1ccccc1)=c1/c(=O)n(C)c2n(c1=N)[C@H]1CCC[C@H]1N=2. The van der Waals surface area contributed by atoms with Crippen molar-refractivity contribution in [2.45, 2.75) is 44.4 Å². The molecule has 206 valence electrons. The summed E-state index contributed by atoms with van der Waals surface area (Å²) in [7, 11) is 1.60. The van der Waals surface area contributed by atoms with Gasteiger partial charge in [-0.2, -0.15) is 13.2 Å². The average molecular weight is 545 g/mol. The van der Waals surface area contributed by atoms with Crippen molar-refractivity contribution in [3.05, 3.63) is 80.6 Å². The van der Waals surface area contributed by atoms with Crippen LogP contribution in [0.1, 0.15) is 32.2 Å². The molecule has 1 aromatic heterocycles. The molecule has 2 aliphatic carbocycles. The van der Waals surface area contributed by atoms with Gasteiger partial charge in [0.05, 0.1) is 17.7 Å². The number of Topliss-reactive ketones (excluding diaryl/α,β-unsaturated/α-hetero) is 1. The van der Waals surface area contributed by atoms with Crippen LogP contribution in [0.3, 0.4) is 0 Å². The van der Waals surface area contributed by atoms with Gasteiger partial charge >= 0.3 is 6.18 Å². The van der Waals surface area contributed by atoms with Crippen molar-refractivity contribution < 1.29 is 22.4 Å². The molecule has 0 amide bonds. The van der Waals surface area contributed by atoms with Crippen LogP contribution >= 0.6 is 0 Å². The molecule has 1 fully saturated rings. The summed E-state index contributed by atoms with van der Waals surface area (Å²) in [4.78, 5) is 29.9. The van der Waals surface area contributed by atoms with Crippen molar-refractivity contribution in [1.82, 2.24) is 14.5 Å². The number of hydrogen-bond acceptors (Lipinski definition) is 6. The first-order valence-electron chi connectivity index (χ1n) is 12.7. The Balaban J connectivity index is 1.55. The van der Waals surface area contributed by atoms with Crippen molar-refractivity contribution in [1.29, 1.82) is 5.41 Å². The lowest BCUT2D eigenvalue weighted by Gasteiger charge is -2.26. The summed E-state index contributed by atoms with van der Waals surface area (Å²) in [6, 6.07) is 8.97. The van der Waals surface area contributed by atoms with Gasteiger partial charge < -0.3 is 10.6 Å². The van der Waals surface area contributed by atoms with Crippen LogP contribution in [-0.4, -0.2) is 33.7 Å². The van der Waals surface area contributed by atoms with Gasteiger partial charge in [-0.25, -0.2) is 9.38 Å². The average Bonchev–Trinajstić information content (AvgIpc) is 3.49. The van der Waals surface area contributed by atoms with Gasteiger partial charge in [0.1, 0.15) is 22.4 Å². The maximum atomic E-state index is 14.9. The van der Waals surface area contributed by atoms with Crippen molar-refractivity contribution in [2.24, 2.45) is 23.9 Å². The van der Waals surface area contributed by atoms with Crippen molar-refractivity contribution in [3.63, 3.8) is 0 Å². The van der Waals surface area contributed by atoms with E-state index in [1.165, 1.54) is 17.6 Å². The van der Waals surface area contributed by atoms with Crippen LogP contribution in [0.25, 0.3) is 5.82 Å². The molecule has 4 atom stereocenters. The summed E-state index contributed by atoms with van der Waals surface area (Å²) in [6.45, 7) is 1.43. The van der Waals surface area contributed by atoms with E-state index in [4.69, 9.17) is 5.41 Å². The highest BCUT2D eigenvalue weighted by atomic mass is 19.4. The maximum Gasteiger partial charge on any atom is 0.454 e. The minimum Gasteiger partial charge on any atom is -0.370 e. The van der Waals surface area contributed by atoms with E-state index in [-0.39, 0.29) is 35.2 Å². The largest absolute Gasteiger partial charge is 0.454 e. The summed E-state index contributed by atoms with van der Waals surface area (Å²) in [6.07, 6.45) is -0.245. The number of allylic oxidation sites excluding steroid dienone is 3. The standard InChI is InChI=1S/C27H28F4N6O2/c1-14-15(11-12-17(21(14)28)22(38)27(29,30)31)13-33-24(34-16-7-4-3-5-8-16)20-23(32)37-19-10-6-9-18(19)35-26(37)36(2)25(20)39/h3-5,7-8,11-12,14-15,18-19,32-34H,6,9-10,13H2,1-2H3/b24-20-,32-23?/t14?,15?,18-,19+/m1/s1. The topological polar surface area (TPSA) is 104 Å². The van der Waals surface area contributed by atoms with Gasteiger partial charge in [-0.3, -0.25) is 24.1 Å². The fraction of sp³-hybridized carbons (Fsp3) is 0.407. The fourth-order valence-corrected chi connectivity index (χ4v) is 5.51. The van der Waals surface area contributed by atoms with E-state index in [9.17, 15) is 27.2 Å². The number of para-hydroxylation sites is 1. The number of alkyl halides is 3. The van der Waals surface area contributed by atoms with E-state index in [1.54, 1.807) is 35.9 Å². The predicted octanol–water partition coefficient (Wildman–Crippen LogP) is 2.34. The molecule has 1 saturated carbocycles. The second kappa shape index (κ2) is 9.97. The number of hydrogen-bond donors (Lipinski definition) is 3. The Labute approximate surface area is 220 Å². The van der Waals surface area contributed by atoms with E-state index in [0.29, 0.717) is 11.3 Å². The van der Waals surface area contributed by atoms with Crippen LogP contribution in [0.4, 0.5) is 23.2 Å². The fourth-order valence-electron chi connectivity index (χ4n) is 5.51. The van der Waals surface area contributed by atoms with E-state index < -0.39 is 40.8 Å². The summed E-state index contributed by atoms with van der Waals surface area (Å²) in [5, 5.41) is 15.4. The number of ketones is 1. The molecule has 8 nitrogen and oxygen atoms in total. The molecular weight excluding hydrogens is 516 g/mol. The lowest BCUT2D eigenvalue weighted by Crippen LogP contribution is -2.59. The van der Waals surface area contributed by atoms with Crippen LogP contribution < -0.4 is 32.5 Å². The third kappa shape index (κ3) is 4.72. The van der Waals surface area contributed by atoms with E-state index >= 15 is 0 Å². The molecule has 39 heavy (non-hydrogen) atoms. The molecule has 3 N–H and O–H groups in total. The normalized spacial score (nSPS) is 24.7. The van der Waals surface area contributed by atoms with Gasteiger partial charge in [0, 0.05) is 31.1 Å². The molecule has 1 aromatic carbocycles. The van der Waals surface area contributed by atoms with Crippen LogP contribution in [0.5, 0.6) is 0 Å². The quantitative estimate of drug-likeness (QED) is 0.486. The molecule has 2 aromatic rings. The summed E-state index contributed by atoms with van der Waals surface area (Å²) >= 11 is 0. The molecule has 12 heteroatoms. The highest BCUT2D eigenvalue weighted by molar-refractivity contribution is 6.02. The summed E-state index contributed by atoms with van der Waals surface area (Å²) in [5.41, 5.74) is -0.372. The molecule has 2 heterocycles. The second-order valence-electron chi connectivity index (χ2n) is 10.1. The summed E-state index contributed by atoms with van der Waals surface area (Å²) in [5.74, 6) is -4.79. The van der Waals surface area contributed by atoms with Crippen molar-refractivity contribution in [2.75, 3.05) is 11.9 Å². The number of nitrogens with one attached hydrogen (secondary N) is 3. The predicted molar refractivity (Wildman–Crippen MR) is 135 cm³/mol. The molecule has 3 aliphatic rings. The first-order valence-corrected chi connectivity index (χ1v) is 12.7. The monoisotopic (exact) mass is 544 g/mol. The number of aromatic nitrogens is 2. The lowest BCUT2D eigenvalue weighted by molar-refractivity contribution is -0.166. The van der Waals surface area contributed by atoms with Gasteiger partial charge in [0.2, 0.25) is 5.62 Å². The molecule has 0 bridgehead atoms. The van der Waals surface area contributed by atoms with Gasteiger partial charge in [0.25, 0.3) is 11.3 Å². The zero-order chi connectivity index (χ0) is 28.1. The Morgan fingerprint density at radius 2 is 1.92 bits per heavy atom. The van der Waals surface area contributed by atoms with Crippen molar-refractivity contribution in [3.8, 4) is 0 Å². The minimum absolute atomic E-state index is 0.00597. The molecular formula is C27H28F4N6O2. The molecule has 5 rings (SSSR count). The highest BCUT2D eigenvalue weighted by Crippen LogP contribution is 2.35. The van der Waals surface area contributed by atoms with Crippen LogP contribution in [-0.2, 0) is 11.8 Å². The zero-order valence-electron chi connectivity index (χ0n) is 21.3. The van der Waals surface area contributed by atoms with Gasteiger partial charge in [-0.1, -0.05) is 37.3 Å². The van der Waals surface area contributed by atoms with E-state index in [2.05, 4.69) is 15.6 Å². The van der Waals surface area contributed by atoms with Crippen LogP contribution in [0.2, 0.25) is 0 Å². The Kier molecular flexibility index (Phi) is 6.81. The number of halogens is 4. The third-order valence-corrected chi connectivity index (χ3v) is 7.69. The second-order valence-corrected chi connectivity index (χ2v) is 10.1. The van der Waals surface area contributed by atoms with Crippen molar-refractivity contribution >= 4 is 17.3 Å². The van der Waals surface area contributed by atoms with Crippen LogP contribution in [0, 0.1) is 17.2 Å². The maximum absolute atomic E-state index is 14.9. The smallest absolute Gasteiger partial charge is 0.370 e. The first kappa shape index (κ1) is 26.6. The first-order chi connectivity index (χ1) is 18.5. The number of nitrogens with zero attached hydrogens (tertiary/aromatic N) is 3. The molecule has 2 unspecified atom stereocenters. The van der Waals surface area contributed by atoms with Crippen LogP contribution in [0.15, 0.2) is 63.7 Å².